The standard InChI is InChI=1S/C17H14F3N3O/c1-2-13(21)16-22-15-12(20)7-6-11(19)14(15)17(24)23(16)10-5-3-4-9(18)8-10/h3-8,13H,2,21H2,1H3. The maximum Gasteiger partial charge on any atom is 0.269 e. The van der Waals surface area contributed by atoms with Gasteiger partial charge in [-0.25, -0.2) is 18.2 Å². The number of rotatable bonds is 3. The van der Waals surface area contributed by atoms with Crippen molar-refractivity contribution in [1.82, 2.24) is 9.55 Å². The zero-order chi connectivity index (χ0) is 17.4. The maximum atomic E-state index is 14.1. The molecule has 0 bridgehead atoms. The van der Waals surface area contributed by atoms with E-state index in [1.54, 1.807) is 6.92 Å². The summed E-state index contributed by atoms with van der Waals surface area (Å²) < 4.78 is 42.7. The molecule has 24 heavy (non-hydrogen) atoms. The van der Waals surface area contributed by atoms with Crippen LogP contribution >= 0.6 is 0 Å². The lowest BCUT2D eigenvalue weighted by atomic mass is 10.1. The number of hydrogen-bond acceptors (Lipinski definition) is 3. The minimum Gasteiger partial charge on any atom is -0.321 e. The molecule has 1 heterocycles. The molecule has 2 aromatic carbocycles. The van der Waals surface area contributed by atoms with Crippen LogP contribution in [0.25, 0.3) is 16.6 Å². The van der Waals surface area contributed by atoms with Gasteiger partial charge in [0.25, 0.3) is 5.56 Å². The van der Waals surface area contributed by atoms with E-state index in [0.717, 1.165) is 22.8 Å². The summed E-state index contributed by atoms with van der Waals surface area (Å²) in [5, 5.41) is -0.494. The first-order chi connectivity index (χ1) is 11.4. The third-order valence-electron chi connectivity index (χ3n) is 3.79. The molecule has 1 atom stereocenters. The molecule has 0 spiro atoms. The van der Waals surface area contributed by atoms with Crippen molar-refractivity contribution >= 4 is 10.9 Å². The summed E-state index contributed by atoms with van der Waals surface area (Å²) in [5.41, 5.74) is 4.92. The van der Waals surface area contributed by atoms with Crippen LogP contribution < -0.4 is 11.3 Å². The lowest BCUT2D eigenvalue weighted by Gasteiger charge is -2.18. The summed E-state index contributed by atoms with van der Waals surface area (Å²) in [5.74, 6) is -2.24. The van der Waals surface area contributed by atoms with Gasteiger partial charge in [0.2, 0.25) is 0 Å². The van der Waals surface area contributed by atoms with Gasteiger partial charge in [-0.3, -0.25) is 9.36 Å². The van der Waals surface area contributed by atoms with Crippen molar-refractivity contribution in [2.45, 2.75) is 19.4 Å². The van der Waals surface area contributed by atoms with Crippen LogP contribution in [0.1, 0.15) is 25.2 Å². The normalized spacial score (nSPS) is 12.5. The van der Waals surface area contributed by atoms with E-state index in [1.807, 2.05) is 0 Å². The van der Waals surface area contributed by atoms with E-state index in [4.69, 9.17) is 5.73 Å². The predicted octanol–water partition coefficient (Wildman–Crippen LogP) is 3.21. The van der Waals surface area contributed by atoms with Crippen molar-refractivity contribution in [2.75, 3.05) is 0 Å². The first-order valence-corrected chi connectivity index (χ1v) is 7.36. The van der Waals surface area contributed by atoms with Gasteiger partial charge in [0.1, 0.15) is 34.2 Å². The van der Waals surface area contributed by atoms with Gasteiger partial charge in [-0.15, -0.1) is 0 Å². The molecule has 0 aliphatic rings. The molecule has 0 saturated heterocycles. The third kappa shape index (κ3) is 2.56. The van der Waals surface area contributed by atoms with E-state index in [-0.39, 0.29) is 17.0 Å². The number of nitrogens with two attached hydrogens (primary N) is 1. The highest BCUT2D eigenvalue weighted by atomic mass is 19.1. The number of aromatic nitrogens is 2. The van der Waals surface area contributed by atoms with Crippen molar-refractivity contribution < 1.29 is 13.2 Å². The molecule has 0 aliphatic heterocycles. The fourth-order valence-corrected chi connectivity index (χ4v) is 2.53. The quantitative estimate of drug-likeness (QED) is 0.800. The first-order valence-electron chi connectivity index (χ1n) is 7.36. The van der Waals surface area contributed by atoms with Crippen molar-refractivity contribution in [1.29, 1.82) is 0 Å². The van der Waals surface area contributed by atoms with Crippen molar-refractivity contribution in [3.63, 3.8) is 0 Å². The molecule has 7 heteroatoms. The summed E-state index contributed by atoms with van der Waals surface area (Å²) in [4.78, 5) is 16.9. The Hall–Kier alpha value is -2.67. The van der Waals surface area contributed by atoms with E-state index in [0.29, 0.717) is 6.42 Å². The Balaban J connectivity index is 2.48. The number of benzene rings is 2. The molecule has 2 N–H and O–H groups in total. The van der Waals surface area contributed by atoms with Crippen molar-refractivity contribution in [3.05, 3.63) is 70.0 Å². The smallest absolute Gasteiger partial charge is 0.269 e. The minimum absolute atomic E-state index is 0.0464. The highest BCUT2D eigenvalue weighted by Crippen LogP contribution is 2.22. The Bertz CT molecular complexity index is 985. The van der Waals surface area contributed by atoms with E-state index in [2.05, 4.69) is 4.98 Å². The van der Waals surface area contributed by atoms with Crippen LogP contribution in [0.3, 0.4) is 0 Å². The van der Waals surface area contributed by atoms with E-state index >= 15 is 0 Å². The summed E-state index contributed by atoms with van der Waals surface area (Å²) in [7, 11) is 0. The van der Waals surface area contributed by atoms with E-state index in [1.165, 1.54) is 18.2 Å². The van der Waals surface area contributed by atoms with Crippen LogP contribution in [0.4, 0.5) is 13.2 Å². The highest BCUT2D eigenvalue weighted by Gasteiger charge is 2.21. The lowest BCUT2D eigenvalue weighted by molar-refractivity contribution is 0.593. The lowest BCUT2D eigenvalue weighted by Crippen LogP contribution is -2.29. The monoisotopic (exact) mass is 333 g/mol. The number of halogens is 3. The second kappa shape index (κ2) is 6.09. The van der Waals surface area contributed by atoms with Crippen LogP contribution in [0.2, 0.25) is 0 Å². The number of fused-ring (bicyclic) bond motifs is 1. The molecule has 3 aromatic rings. The Labute approximate surface area is 135 Å². The molecule has 0 aliphatic carbocycles. The highest BCUT2D eigenvalue weighted by molar-refractivity contribution is 5.79. The first kappa shape index (κ1) is 16.2. The van der Waals surface area contributed by atoms with Crippen LogP contribution in [-0.2, 0) is 0 Å². The second-order valence-electron chi connectivity index (χ2n) is 5.36. The molecule has 0 radical (unpaired) electrons. The van der Waals surface area contributed by atoms with E-state index < -0.39 is 34.4 Å². The predicted molar refractivity (Wildman–Crippen MR) is 84.4 cm³/mol. The Morgan fingerprint density at radius 1 is 1.17 bits per heavy atom. The summed E-state index contributed by atoms with van der Waals surface area (Å²) >= 11 is 0. The molecule has 3 rings (SSSR count). The van der Waals surface area contributed by atoms with Gasteiger partial charge in [0.15, 0.2) is 0 Å². The number of nitrogens with zero attached hydrogens (tertiary/aromatic N) is 2. The molecule has 0 fully saturated rings. The van der Waals surface area contributed by atoms with Gasteiger partial charge < -0.3 is 5.73 Å². The molecule has 124 valence electrons. The molecular weight excluding hydrogens is 319 g/mol. The van der Waals surface area contributed by atoms with E-state index in [9.17, 15) is 18.0 Å². The summed E-state index contributed by atoms with van der Waals surface area (Å²) in [6, 6.07) is 6.26. The molecular formula is C17H14F3N3O. The largest absolute Gasteiger partial charge is 0.321 e. The topological polar surface area (TPSA) is 60.9 Å². The van der Waals surface area contributed by atoms with Gasteiger partial charge in [0.05, 0.1) is 11.7 Å². The molecule has 1 aromatic heterocycles. The minimum atomic E-state index is -0.898. The number of hydrogen-bond donors (Lipinski definition) is 1. The fraction of sp³-hybridized carbons (Fsp3) is 0.176. The van der Waals surface area contributed by atoms with Gasteiger partial charge >= 0.3 is 0 Å². The molecule has 0 amide bonds. The van der Waals surface area contributed by atoms with Crippen molar-refractivity contribution in [2.24, 2.45) is 5.73 Å². The summed E-state index contributed by atoms with van der Waals surface area (Å²) in [6.45, 7) is 1.76. The van der Waals surface area contributed by atoms with Crippen LogP contribution in [0.5, 0.6) is 0 Å². The average Bonchev–Trinajstić information content (AvgIpc) is 2.56. The van der Waals surface area contributed by atoms with Crippen LogP contribution in [0, 0.1) is 17.5 Å². The van der Waals surface area contributed by atoms with Crippen LogP contribution in [0.15, 0.2) is 41.2 Å². The van der Waals surface area contributed by atoms with Gasteiger partial charge in [-0.1, -0.05) is 13.0 Å². The Morgan fingerprint density at radius 3 is 2.54 bits per heavy atom. The Morgan fingerprint density at radius 2 is 1.88 bits per heavy atom. The van der Waals surface area contributed by atoms with Gasteiger partial charge in [0, 0.05) is 0 Å². The van der Waals surface area contributed by atoms with Gasteiger partial charge in [-0.05, 0) is 36.8 Å². The fourth-order valence-electron chi connectivity index (χ4n) is 2.53. The van der Waals surface area contributed by atoms with Crippen molar-refractivity contribution in [3.8, 4) is 5.69 Å². The zero-order valence-corrected chi connectivity index (χ0v) is 12.8. The SMILES string of the molecule is CCC(N)c1nc2c(F)ccc(F)c2c(=O)n1-c1cccc(F)c1. The maximum absolute atomic E-state index is 14.1. The third-order valence-corrected chi connectivity index (χ3v) is 3.79. The molecule has 4 nitrogen and oxygen atoms in total. The summed E-state index contributed by atoms with van der Waals surface area (Å²) in [6.07, 6.45) is 0.407. The van der Waals surface area contributed by atoms with Crippen LogP contribution in [-0.4, -0.2) is 9.55 Å². The average molecular weight is 333 g/mol. The van der Waals surface area contributed by atoms with Gasteiger partial charge in [-0.2, -0.15) is 0 Å². The molecule has 1 unspecified atom stereocenters. The second-order valence-corrected chi connectivity index (χ2v) is 5.36. The molecule has 0 saturated carbocycles. The Kier molecular flexibility index (Phi) is 4.11. The zero-order valence-electron chi connectivity index (χ0n) is 12.8.